The zero-order chi connectivity index (χ0) is 18.8. The largest absolute Gasteiger partial charge is 0.476 e. The number of anilines is 1. The lowest BCUT2D eigenvalue weighted by Crippen LogP contribution is -2.58. The van der Waals surface area contributed by atoms with Crippen LogP contribution in [0.2, 0.25) is 0 Å². The van der Waals surface area contributed by atoms with Gasteiger partial charge in [0.25, 0.3) is 5.91 Å². The second kappa shape index (κ2) is 7.25. The summed E-state index contributed by atoms with van der Waals surface area (Å²) in [5.41, 5.74) is -0.187. The van der Waals surface area contributed by atoms with Gasteiger partial charge in [-0.25, -0.2) is 4.79 Å². The van der Waals surface area contributed by atoms with E-state index in [1.807, 2.05) is 6.92 Å². The van der Waals surface area contributed by atoms with Crippen LogP contribution in [0.3, 0.4) is 0 Å². The van der Waals surface area contributed by atoms with Crippen LogP contribution in [0.25, 0.3) is 0 Å². The van der Waals surface area contributed by atoms with Gasteiger partial charge in [-0.2, -0.15) is 0 Å². The first-order valence-corrected chi connectivity index (χ1v) is 8.63. The third kappa shape index (κ3) is 3.52. The average Bonchev–Trinajstić information content (AvgIpc) is 2.57. The van der Waals surface area contributed by atoms with Gasteiger partial charge >= 0.3 is 5.97 Å². The topological polar surface area (TPSA) is 72.9 Å². The zero-order valence-corrected chi connectivity index (χ0v) is 15.4. The predicted molar refractivity (Wildman–Crippen MR) is 94.0 cm³/mol. The van der Waals surface area contributed by atoms with Gasteiger partial charge in [0.15, 0.2) is 11.4 Å². The van der Waals surface area contributed by atoms with Crippen LogP contribution < -0.4 is 9.64 Å². The van der Waals surface area contributed by atoms with E-state index in [0.29, 0.717) is 29.8 Å². The van der Waals surface area contributed by atoms with E-state index in [1.165, 1.54) is 4.90 Å². The summed E-state index contributed by atoms with van der Waals surface area (Å²) in [4.78, 5) is 38.8. The standard InChI is InChI=1S/C19H25NO5/c1-6-13(17(22)24-8-3)20-14-11-12(15(21)7-2)9-10-16(14)25-19(4,5)18(20)23/h9-11,13H,6-8H2,1-5H3. The van der Waals surface area contributed by atoms with Crippen molar-refractivity contribution < 1.29 is 23.9 Å². The average molecular weight is 347 g/mol. The van der Waals surface area contributed by atoms with Crippen molar-refractivity contribution >= 4 is 23.3 Å². The van der Waals surface area contributed by atoms with Crippen molar-refractivity contribution in [3.05, 3.63) is 23.8 Å². The first-order valence-electron chi connectivity index (χ1n) is 8.63. The number of benzene rings is 1. The van der Waals surface area contributed by atoms with Gasteiger partial charge in [-0.3, -0.25) is 14.5 Å². The summed E-state index contributed by atoms with van der Waals surface area (Å²) in [6.07, 6.45) is 0.750. The fourth-order valence-electron chi connectivity index (χ4n) is 2.89. The fraction of sp³-hybridized carbons (Fsp3) is 0.526. The van der Waals surface area contributed by atoms with Crippen LogP contribution in [0.15, 0.2) is 18.2 Å². The lowest BCUT2D eigenvalue weighted by atomic mass is 9.98. The Morgan fingerprint density at radius 3 is 2.48 bits per heavy atom. The van der Waals surface area contributed by atoms with Crippen LogP contribution >= 0.6 is 0 Å². The molecule has 2 rings (SSSR count). The number of ketones is 1. The molecule has 1 aromatic rings. The maximum absolute atomic E-state index is 13.0. The molecule has 1 aromatic carbocycles. The molecule has 0 aliphatic carbocycles. The van der Waals surface area contributed by atoms with Crippen LogP contribution in [0.4, 0.5) is 5.69 Å². The van der Waals surface area contributed by atoms with E-state index in [-0.39, 0.29) is 18.3 Å². The SMILES string of the molecule is CCOC(=O)C(CC)N1C(=O)C(C)(C)Oc2ccc(C(=O)CC)cc21. The summed E-state index contributed by atoms with van der Waals surface area (Å²) in [6.45, 7) is 8.87. The molecule has 1 aliphatic heterocycles. The van der Waals surface area contributed by atoms with Crippen LogP contribution in [-0.2, 0) is 14.3 Å². The lowest BCUT2D eigenvalue weighted by Gasteiger charge is -2.41. The van der Waals surface area contributed by atoms with E-state index >= 15 is 0 Å². The van der Waals surface area contributed by atoms with Crippen LogP contribution in [-0.4, -0.2) is 35.9 Å². The van der Waals surface area contributed by atoms with E-state index in [2.05, 4.69) is 0 Å². The molecule has 6 heteroatoms. The fourth-order valence-corrected chi connectivity index (χ4v) is 2.89. The van der Waals surface area contributed by atoms with Crippen molar-refractivity contribution in [1.82, 2.24) is 0 Å². The van der Waals surface area contributed by atoms with E-state index in [9.17, 15) is 14.4 Å². The molecule has 1 amide bonds. The molecule has 0 N–H and O–H groups in total. The first kappa shape index (κ1) is 19.0. The number of hydrogen-bond donors (Lipinski definition) is 0. The molecule has 1 atom stereocenters. The number of rotatable bonds is 6. The number of Topliss-reactive ketones (excluding diaryl/α,β-unsaturated/α-hetero) is 1. The summed E-state index contributed by atoms with van der Waals surface area (Å²) < 4.78 is 10.9. The molecule has 0 saturated carbocycles. The Balaban J connectivity index is 2.59. The Kier molecular flexibility index (Phi) is 5.50. The molecule has 1 unspecified atom stereocenters. The van der Waals surface area contributed by atoms with E-state index in [4.69, 9.17) is 9.47 Å². The van der Waals surface area contributed by atoms with E-state index in [0.717, 1.165) is 0 Å². The third-order valence-electron chi connectivity index (χ3n) is 4.22. The van der Waals surface area contributed by atoms with Gasteiger partial charge in [-0.05, 0) is 45.4 Å². The highest BCUT2D eigenvalue weighted by Crippen LogP contribution is 2.40. The number of nitrogens with zero attached hydrogens (tertiary/aromatic N) is 1. The molecule has 0 radical (unpaired) electrons. The minimum absolute atomic E-state index is 0.0378. The summed E-state index contributed by atoms with van der Waals surface area (Å²) >= 11 is 0. The second-order valence-corrected chi connectivity index (χ2v) is 6.42. The van der Waals surface area contributed by atoms with Gasteiger partial charge < -0.3 is 9.47 Å². The predicted octanol–water partition coefficient (Wildman–Crippen LogP) is 3.13. The van der Waals surface area contributed by atoms with Crippen molar-refractivity contribution in [2.75, 3.05) is 11.5 Å². The Bertz CT molecular complexity index is 695. The van der Waals surface area contributed by atoms with Gasteiger partial charge in [0.05, 0.1) is 12.3 Å². The van der Waals surface area contributed by atoms with Gasteiger partial charge in [-0.1, -0.05) is 13.8 Å². The maximum atomic E-state index is 13.0. The minimum atomic E-state index is -1.11. The molecule has 1 aliphatic rings. The van der Waals surface area contributed by atoms with Crippen molar-refractivity contribution in [1.29, 1.82) is 0 Å². The summed E-state index contributed by atoms with van der Waals surface area (Å²) in [5, 5.41) is 0. The molecule has 0 saturated heterocycles. The first-order chi connectivity index (χ1) is 11.8. The van der Waals surface area contributed by atoms with Gasteiger partial charge in [0.1, 0.15) is 11.8 Å². The number of carbonyl (C=O) groups excluding carboxylic acids is 3. The Labute approximate surface area is 148 Å². The second-order valence-electron chi connectivity index (χ2n) is 6.42. The Hall–Kier alpha value is -2.37. The quantitative estimate of drug-likeness (QED) is 0.584. The minimum Gasteiger partial charge on any atom is -0.476 e. The highest BCUT2D eigenvalue weighted by molar-refractivity contribution is 6.07. The van der Waals surface area contributed by atoms with Crippen molar-refractivity contribution in [2.24, 2.45) is 0 Å². The summed E-state index contributed by atoms with van der Waals surface area (Å²) in [5.74, 6) is -0.362. The monoisotopic (exact) mass is 347 g/mol. The molecule has 6 nitrogen and oxygen atoms in total. The highest BCUT2D eigenvalue weighted by Gasteiger charge is 2.45. The smallest absolute Gasteiger partial charge is 0.329 e. The number of hydrogen-bond acceptors (Lipinski definition) is 5. The Morgan fingerprint density at radius 2 is 1.92 bits per heavy atom. The van der Waals surface area contributed by atoms with Crippen LogP contribution in [0.5, 0.6) is 5.75 Å². The molecule has 0 spiro atoms. The van der Waals surface area contributed by atoms with Crippen molar-refractivity contribution in [3.8, 4) is 5.75 Å². The van der Waals surface area contributed by atoms with Crippen LogP contribution in [0, 0.1) is 0 Å². The Morgan fingerprint density at radius 1 is 1.24 bits per heavy atom. The van der Waals surface area contributed by atoms with Gasteiger partial charge in [-0.15, -0.1) is 0 Å². The molecule has 25 heavy (non-hydrogen) atoms. The molecule has 0 aromatic heterocycles. The number of ether oxygens (including phenoxy) is 2. The number of amides is 1. The van der Waals surface area contributed by atoms with Gasteiger partial charge in [0.2, 0.25) is 0 Å². The molecule has 136 valence electrons. The third-order valence-corrected chi connectivity index (χ3v) is 4.22. The number of esters is 1. The van der Waals surface area contributed by atoms with Crippen molar-refractivity contribution in [3.63, 3.8) is 0 Å². The van der Waals surface area contributed by atoms with Crippen LogP contribution in [0.1, 0.15) is 57.8 Å². The van der Waals surface area contributed by atoms with Crippen molar-refractivity contribution in [2.45, 2.75) is 59.1 Å². The number of fused-ring (bicyclic) bond motifs is 1. The summed E-state index contributed by atoms with van der Waals surface area (Å²) in [7, 11) is 0. The van der Waals surface area contributed by atoms with Gasteiger partial charge in [0, 0.05) is 12.0 Å². The molecule has 0 bridgehead atoms. The lowest BCUT2D eigenvalue weighted by molar-refractivity contribution is -0.147. The molecule has 0 fully saturated rings. The van der Waals surface area contributed by atoms with E-state index in [1.54, 1.807) is 45.9 Å². The highest BCUT2D eigenvalue weighted by atomic mass is 16.5. The maximum Gasteiger partial charge on any atom is 0.329 e. The summed E-state index contributed by atoms with van der Waals surface area (Å²) in [6, 6.07) is 4.22. The number of carbonyl (C=O) groups is 3. The molecular weight excluding hydrogens is 322 g/mol. The molecular formula is C19H25NO5. The van der Waals surface area contributed by atoms with E-state index < -0.39 is 17.6 Å². The molecule has 1 heterocycles. The zero-order valence-electron chi connectivity index (χ0n) is 15.4. The normalized spacial score (nSPS) is 16.7.